The van der Waals surface area contributed by atoms with Crippen molar-refractivity contribution in [3.63, 3.8) is 0 Å². The standard InChI is InChI=1S/C22H24N2O5S2/c1-15-5-9-18(10-6-15)31(26,27)24(2)19-11-12-30-21(19)22(25)23-14-16-7-8-17(28-3)13-20(16)29-4/h5-13H,14H2,1-4H3,(H,23,25). The van der Waals surface area contributed by atoms with Crippen LogP contribution >= 0.6 is 11.3 Å². The molecular weight excluding hydrogens is 436 g/mol. The number of anilines is 1. The maximum atomic E-state index is 13.0. The smallest absolute Gasteiger partial charge is 0.264 e. The summed E-state index contributed by atoms with van der Waals surface area (Å²) in [7, 11) is 0.760. The minimum absolute atomic E-state index is 0.168. The van der Waals surface area contributed by atoms with Crippen LogP contribution in [0.25, 0.3) is 0 Å². The number of sulfonamides is 1. The fraction of sp³-hybridized carbons (Fsp3) is 0.227. The molecule has 0 saturated heterocycles. The van der Waals surface area contributed by atoms with E-state index in [1.807, 2.05) is 6.92 Å². The van der Waals surface area contributed by atoms with Crippen molar-refractivity contribution < 1.29 is 22.7 Å². The molecule has 7 nitrogen and oxygen atoms in total. The molecule has 0 radical (unpaired) electrons. The molecule has 0 aliphatic heterocycles. The van der Waals surface area contributed by atoms with E-state index in [2.05, 4.69) is 5.32 Å². The van der Waals surface area contributed by atoms with E-state index in [4.69, 9.17) is 9.47 Å². The largest absolute Gasteiger partial charge is 0.497 e. The normalized spacial score (nSPS) is 11.1. The number of methoxy groups -OCH3 is 2. The summed E-state index contributed by atoms with van der Waals surface area (Å²) < 4.78 is 37.7. The lowest BCUT2D eigenvalue weighted by atomic mass is 10.2. The van der Waals surface area contributed by atoms with Gasteiger partial charge in [-0.05, 0) is 42.6 Å². The molecule has 2 aromatic carbocycles. The zero-order valence-electron chi connectivity index (χ0n) is 17.7. The predicted octanol–water partition coefficient (Wildman–Crippen LogP) is 3.83. The van der Waals surface area contributed by atoms with Crippen molar-refractivity contribution in [3.8, 4) is 11.5 Å². The van der Waals surface area contributed by atoms with E-state index in [0.717, 1.165) is 15.4 Å². The molecule has 1 heterocycles. The first-order valence-corrected chi connectivity index (χ1v) is 11.7. The topological polar surface area (TPSA) is 84.9 Å². The third kappa shape index (κ3) is 4.83. The number of hydrogen-bond acceptors (Lipinski definition) is 6. The molecule has 9 heteroatoms. The molecule has 3 rings (SSSR count). The molecule has 0 atom stereocenters. The molecule has 0 aliphatic carbocycles. The highest BCUT2D eigenvalue weighted by Gasteiger charge is 2.26. The molecule has 0 spiro atoms. The summed E-state index contributed by atoms with van der Waals surface area (Å²) >= 11 is 1.18. The fourth-order valence-electron chi connectivity index (χ4n) is 2.97. The van der Waals surface area contributed by atoms with Gasteiger partial charge in [-0.15, -0.1) is 11.3 Å². The first kappa shape index (κ1) is 22.6. The number of nitrogens with zero attached hydrogens (tertiary/aromatic N) is 1. The first-order chi connectivity index (χ1) is 14.8. The Bertz CT molecular complexity index is 1170. The van der Waals surface area contributed by atoms with Crippen molar-refractivity contribution >= 4 is 33.0 Å². The lowest BCUT2D eigenvalue weighted by molar-refractivity contribution is 0.0955. The van der Waals surface area contributed by atoms with Crippen LogP contribution in [-0.4, -0.2) is 35.6 Å². The van der Waals surface area contributed by atoms with Crippen LogP contribution in [0, 0.1) is 6.92 Å². The Hall–Kier alpha value is -3.04. The molecule has 0 aliphatic rings. The molecule has 31 heavy (non-hydrogen) atoms. The van der Waals surface area contributed by atoms with E-state index in [1.165, 1.54) is 18.4 Å². The van der Waals surface area contributed by atoms with Crippen LogP contribution in [0.1, 0.15) is 20.8 Å². The van der Waals surface area contributed by atoms with E-state index < -0.39 is 10.0 Å². The summed E-state index contributed by atoms with van der Waals surface area (Å²) in [6.07, 6.45) is 0. The van der Waals surface area contributed by atoms with Crippen LogP contribution in [0.3, 0.4) is 0 Å². The van der Waals surface area contributed by atoms with Gasteiger partial charge in [-0.25, -0.2) is 8.42 Å². The molecular formula is C22H24N2O5S2. The number of hydrogen-bond donors (Lipinski definition) is 1. The van der Waals surface area contributed by atoms with Crippen molar-refractivity contribution in [2.75, 3.05) is 25.6 Å². The molecule has 0 unspecified atom stereocenters. The lowest BCUT2D eigenvalue weighted by Gasteiger charge is -2.20. The van der Waals surface area contributed by atoms with Crippen molar-refractivity contribution in [1.29, 1.82) is 0 Å². The Morgan fingerprint density at radius 2 is 1.77 bits per heavy atom. The van der Waals surface area contributed by atoms with E-state index in [0.29, 0.717) is 22.1 Å². The van der Waals surface area contributed by atoms with E-state index in [9.17, 15) is 13.2 Å². The Kier molecular flexibility index (Phi) is 6.87. The van der Waals surface area contributed by atoms with Gasteiger partial charge in [0.15, 0.2) is 0 Å². The maximum absolute atomic E-state index is 13.0. The van der Waals surface area contributed by atoms with Crippen LogP contribution in [0.2, 0.25) is 0 Å². The van der Waals surface area contributed by atoms with Gasteiger partial charge in [-0.1, -0.05) is 17.7 Å². The number of rotatable bonds is 8. The van der Waals surface area contributed by atoms with Gasteiger partial charge < -0.3 is 14.8 Å². The summed E-state index contributed by atoms with van der Waals surface area (Å²) in [6, 6.07) is 13.5. The molecule has 0 saturated carbocycles. The van der Waals surface area contributed by atoms with Gasteiger partial charge in [-0.3, -0.25) is 9.10 Å². The lowest BCUT2D eigenvalue weighted by Crippen LogP contribution is -2.29. The van der Waals surface area contributed by atoms with Crippen LogP contribution in [0.5, 0.6) is 11.5 Å². The number of nitrogens with one attached hydrogen (secondary N) is 1. The van der Waals surface area contributed by atoms with Crippen LogP contribution in [0.4, 0.5) is 5.69 Å². The van der Waals surface area contributed by atoms with E-state index >= 15 is 0 Å². The molecule has 0 bridgehead atoms. The maximum Gasteiger partial charge on any atom is 0.264 e. The average molecular weight is 461 g/mol. The van der Waals surface area contributed by atoms with Crippen LogP contribution < -0.4 is 19.1 Å². The summed E-state index contributed by atoms with van der Waals surface area (Å²) in [5.41, 5.74) is 2.06. The van der Waals surface area contributed by atoms with Gasteiger partial charge >= 0.3 is 0 Å². The van der Waals surface area contributed by atoms with Gasteiger partial charge in [0.25, 0.3) is 15.9 Å². The second-order valence-corrected chi connectivity index (χ2v) is 9.67. The highest BCUT2D eigenvalue weighted by Crippen LogP contribution is 2.30. The van der Waals surface area contributed by atoms with Crippen molar-refractivity contribution in [3.05, 3.63) is 69.9 Å². The minimum atomic E-state index is -3.79. The zero-order valence-corrected chi connectivity index (χ0v) is 19.3. The molecule has 0 fully saturated rings. The SMILES string of the molecule is COc1ccc(CNC(=O)c2sccc2N(C)S(=O)(=O)c2ccc(C)cc2)c(OC)c1. The highest BCUT2D eigenvalue weighted by molar-refractivity contribution is 7.92. The Balaban J connectivity index is 1.79. The fourth-order valence-corrected chi connectivity index (χ4v) is 5.07. The molecule has 164 valence electrons. The monoisotopic (exact) mass is 460 g/mol. The number of amides is 1. The highest BCUT2D eigenvalue weighted by atomic mass is 32.2. The minimum Gasteiger partial charge on any atom is -0.497 e. The molecule has 3 aromatic rings. The number of aryl methyl sites for hydroxylation is 1. The van der Waals surface area contributed by atoms with Crippen molar-refractivity contribution in [2.45, 2.75) is 18.4 Å². The van der Waals surface area contributed by atoms with Crippen molar-refractivity contribution in [1.82, 2.24) is 5.32 Å². The predicted molar refractivity (Wildman–Crippen MR) is 122 cm³/mol. The second kappa shape index (κ2) is 9.40. The number of ether oxygens (including phenoxy) is 2. The summed E-state index contributed by atoms with van der Waals surface area (Å²) in [4.78, 5) is 13.3. The number of carbonyl (C=O) groups is 1. The number of carbonyl (C=O) groups excluding carboxylic acids is 1. The van der Waals surface area contributed by atoms with Crippen LogP contribution in [0.15, 0.2) is 58.8 Å². The second-order valence-electron chi connectivity index (χ2n) is 6.78. The van der Waals surface area contributed by atoms with Gasteiger partial charge in [0.2, 0.25) is 0 Å². The Morgan fingerprint density at radius 1 is 1.06 bits per heavy atom. The number of benzene rings is 2. The van der Waals surface area contributed by atoms with Crippen molar-refractivity contribution in [2.24, 2.45) is 0 Å². The zero-order chi connectivity index (χ0) is 22.6. The number of thiophene rings is 1. The molecule has 1 amide bonds. The quantitative estimate of drug-likeness (QED) is 0.552. The van der Waals surface area contributed by atoms with Gasteiger partial charge in [0.05, 0.1) is 24.8 Å². The van der Waals surface area contributed by atoms with Gasteiger partial charge in [-0.2, -0.15) is 0 Å². The third-order valence-electron chi connectivity index (χ3n) is 4.80. The Labute approximate surface area is 186 Å². The summed E-state index contributed by atoms with van der Waals surface area (Å²) in [5, 5.41) is 4.53. The first-order valence-electron chi connectivity index (χ1n) is 9.40. The summed E-state index contributed by atoms with van der Waals surface area (Å²) in [5.74, 6) is 0.870. The third-order valence-corrected chi connectivity index (χ3v) is 7.49. The van der Waals surface area contributed by atoms with E-state index in [1.54, 1.807) is 68.1 Å². The summed E-state index contributed by atoms with van der Waals surface area (Å²) in [6.45, 7) is 2.11. The van der Waals surface area contributed by atoms with E-state index in [-0.39, 0.29) is 17.3 Å². The van der Waals surface area contributed by atoms with Gasteiger partial charge in [0.1, 0.15) is 16.4 Å². The average Bonchev–Trinajstić information content (AvgIpc) is 3.27. The molecule has 1 aromatic heterocycles. The van der Waals surface area contributed by atoms with Crippen LogP contribution in [-0.2, 0) is 16.6 Å². The van der Waals surface area contributed by atoms with Gasteiger partial charge in [0, 0.05) is 25.2 Å². The Morgan fingerprint density at radius 3 is 2.42 bits per heavy atom. The molecule has 1 N–H and O–H groups in total.